The second kappa shape index (κ2) is 13.5. The zero-order valence-electron chi connectivity index (χ0n) is 25.6. The molecule has 0 radical (unpaired) electrons. The van der Waals surface area contributed by atoms with Gasteiger partial charge < -0.3 is 29.7 Å². The largest absolute Gasteiger partial charge is 0.460 e. The number of likely N-dealkylation sites (tertiary alicyclic amines) is 1. The van der Waals surface area contributed by atoms with E-state index < -0.39 is 41.7 Å². The number of esters is 1. The van der Waals surface area contributed by atoms with Crippen LogP contribution < -0.4 is 10.2 Å². The predicted molar refractivity (Wildman–Crippen MR) is 168 cm³/mol. The number of cyclic esters (lactones) is 1. The van der Waals surface area contributed by atoms with Gasteiger partial charge in [-0.25, -0.2) is 0 Å². The SMILES string of the molecule is Cc1cccc(C)c1N1C/C=C\CCC(=O)NC[C@@H](C)OC(=O)[C@@H]2[C@H]3O[C@@]4(C=C3Br)[C@H](C1=O)N(CCCCCCO)C(=O)[C@@H]24. The van der Waals surface area contributed by atoms with Crippen molar-refractivity contribution in [3.63, 3.8) is 0 Å². The van der Waals surface area contributed by atoms with Crippen LogP contribution in [0.1, 0.15) is 56.6 Å². The van der Waals surface area contributed by atoms with Gasteiger partial charge in [0.25, 0.3) is 5.91 Å². The first-order chi connectivity index (χ1) is 21.1. The molecule has 0 saturated carbocycles. The number of para-hydroxylation sites is 1. The Kier molecular flexibility index (Phi) is 9.96. The van der Waals surface area contributed by atoms with Crippen LogP contribution in [0.5, 0.6) is 0 Å². The Labute approximate surface area is 266 Å². The Morgan fingerprint density at radius 1 is 1.05 bits per heavy atom. The number of halogens is 1. The maximum atomic E-state index is 15.0. The molecule has 4 heterocycles. The molecule has 1 aromatic rings. The molecule has 238 valence electrons. The first-order valence-corrected chi connectivity index (χ1v) is 16.4. The van der Waals surface area contributed by atoms with Crippen molar-refractivity contribution in [3.8, 4) is 0 Å². The lowest BCUT2D eigenvalue weighted by atomic mass is 9.74. The Balaban J connectivity index is 1.60. The van der Waals surface area contributed by atoms with Crippen LogP contribution in [-0.4, -0.2) is 83.8 Å². The van der Waals surface area contributed by atoms with E-state index in [9.17, 15) is 24.3 Å². The van der Waals surface area contributed by atoms with E-state index in [-0.39, 0.29) is 43.8 Å². The minimum Gasteiger partial charge on any atom is -0.460 e. The van der Waals surface area contributed by atoms with Crippen LogP contribution in [0.2, 0.25) is 0 Å². The molecule has 2 N–H and O–H groups in total. The second-order valence-corrected chi connectivity index (χ2v) is 13.2. The zero-order chi connectivity index (χ0) is 31.6. The van der Waals surface area contributed by atoms with Crippen molar-refractivity contribution < 1.29 is 33.8 Å². The molecule has 3 amide bonds. The fourth-order valence-electron chi connectivity index (χ4n) is 7.10. The van der Waals surface area contributed by atoms with E-state index in [2.05, 4.69) is 21.2 Å². The average molecular weight is 673 g/mol. The van der Waals surface area contributed by atoms with Gasteiger partial charge in [0.15, 0.2) is 0 Å². The van der Waals surface area contributed by atoms with Gasteiger partial charge in [-0.3, -0.25) is 19.2 Å². The summed E-state index contributed by atoms with van der Waals surface area (Å²) in [7, 11) is 0. The van der Waals surface area contributed by atoms with Crippen molar-refractivity contribution in [2.75, 3.05) is 31.1 Å². The second-order valence-electron chi connectivity index (χ2n) is 12.2. The molecule has 44 heavy (non-hydrogen) atoms. The quantitative estimate of drug-likeness (QED) is 0.258. The third kappa shape index (κ3) is 5.98. The molecule has 5 bridgehead atoms. The Bertz CT molecular complexity index is 1340. The molecule has 4 aliphatic rings. The molecule has 10 nitrogen and oxygen atoms in total. The van der Waals surface area contributed by atoms with Gasteiger partial charge in [-0.1, -0.05) is 59.1 Å². The molecule has 4 aliphatic heterocycles. The molecule has 1 spiro atoms. The first-order valence-electron chi connectivity index (χ1n) is 15.6. The monoisotopic (exact) mass is 671 g/mol. The number of unbranched alkanes of at least 4 members (excludes halogenated alkanes) is 3. The van der Waals surface area contributed by atoms with Crippen LogP contribution in [0.3, 0.4) is 0 Å². The highest BCUT2D eigenvalue weighted by Crippen LogP contribution is 2.59. The lowest BCUT2D eigenvalue weighted by Gasteiger charge is -2.36. The minimum absolute atomic E-state index is 0.104. The summed E-state index contributed by atoms with van der Waals surface area (Å²) < 4.78 is 13.0. The number of ether oxygens (including phenoxy) is 2. The van der Waals surface area contributed by atoms with Crippen molar-refractivity contribution in [2.45, 2.75) is 83.1 Å². The number of nitrogens with zero attached hydrogens (tertiary/aromatic N) is 2. The van der Waals surface area contributed by atoms with Gasteiger partial charge >= 0.3 is 5.97 Å². The number of carbonyl (C=O) groups is 4. The van der Waals surface area contributed by atoms with Crippen molar-refractivity contribution in [1.29, 1.82) is 0 Å². The standard InChI is InChI=1S/C33H42BrN3O7/c1-20-12-11-13-21(2)27(20)36-15-9-6-7-14-24(39)35-19-22(3)43-32(42)25-26-30(40)37(16-8-4-5-10-17-38)29(31(36)41)33(26)18-23(34)28(25)44-33/h6,9,11-13,18,22,25-26,28-29,38H,4-5,7-8,10,14-17,19H2,1-3H3,(H,35,39)/b9-6-/t22-,25+,26-,28+,29+,33-/m1/s1. The number of aliphatic hydroxyl groups is 1. The smallest absolute Gasteiger partial charge is 0.313 e. The molecule has 0 unspecified atom stereocenters. The van der Waals surface area contributed by atoms with Crippen LogP contribution in [-0.2, 0) is 28.7 Å². The highest BCUT2D eigenvalue weighted by molar-refractivity contribution is 9.11. The van der Waals surface area contributed by atoms with Crippen LogP contribution in [0.15, 0.2) is 40.9 Å². The van der Waals surface area contributed by atoms with Crippen LogP contribution in [0.25, 0.3) is 0 Å². The minimum atomic E-state index is -1.35. The van der Waals surface area contributed by atoms with Gasteiger partial charge in [-0.05, 0) is 57.2 Å². The Hall–Kier alpha value is -3.02. The number of hydrogen-bond acceptors (Lipinski definition) is 7. The number of aryl methyl sites for hydroxylation is 2. The molecule has 2 fully saturated rings. The molecular formula is C33H42BrN3O7. The van der Waals surface area contributed by atoms with Gasteiger partial charge in [0.1, 0.15) is 29.8 Å². The summed E-state index contributed by atoms with van der Waals surface area (Å²) >= 11 is 3.59. The number of amides is 3. The zero-order valence-corrected chi connectivity index (χ0v) is 27.2. The number of rotatable bonds is 7. The van der Waals surface area contributed by atoms with Gasteiger partial charge in [0.05, 0.1) is 12.5 Å². The fourth-order valence-corrected chi connectivity index (χ4v) is 7.84. The highest BCUT2D eigenvalue weighted by Gasteiger charge is 2.75. The number of nitrogens with one attached hydrogen (secondary N) is 1. The van der Waals surface area contributed by atoms with Crippen molar-refractivity contribution in [3.05, 3.63) is 52.0 Å². The number of aliphatic hydroxyl groups excluding tert-OH is 1. The molecule has 6 atom stereocenters. The summed E-state index contributed by atoms with van der Waals surface area (Å²) in [6, 6.07) is 4.84. The van der Waals surface area contributed by atoms with E-state index in [0.717, 1.165) is 29.7 Å². The van der Waals surface area contributed by atoms with Crippen molar-refractivity contribution in [1.82, 2.24) is 10.2 Å². The normalized spacial score (nSPS) is 31.6. The molecule has 2 saturated heterocycles. The molecule has 0 aliphatic carbocycles. The average Bonchev–Trinajstić information content (AvgIpc) is 3.57. The molecule has 5 rings (SSSR count). The van der Waals surface area contributed by atoms with Crippen LogP contribution >= 0.6 is 15.9 Å². The summed E-state index contributed by atoms with van der Waals surface area (Å²) in [5, 5.41) is 12.0. The summed E-state index contributed by atoms with van der Waals surface area (Å²) in [6.45, 7) is 6.41. The topological polar surface area (TPSA) is 125 Å². The van der Waals surface area contributed by atoms with E-state index in [1.807, 2.05) is 50.3 Å². The number of anilines is 1. The number of fused-ring (bicyclic) bond motifs is 2. The van der Waals surface area contributed by atoms with Gasteiger partial charge in [-0.2, -0.15) is 0 Å². The Morgan fingerprint density at radius 3 is 2.50 bits per heavy atom. The van der Waals surface area contributed by atoms with E-state index >= 15 is 0 Å². The number of hydrogen-bond donors (Lipinski definition) is 2. The summed E-state index contributed by atoms with van der Waals surface area (Å²) in [4.78, 5) is 58.8. The fraction of sp³-hybridized carbons (Fsp3) is 0.576. The maximum absolute atomic E-state index is 15.0. The summed E-state index contributed by atoms with van der Waals surface area (Å²) in [6.07, 6.45) is 7.85. The first kappa shape index (κ1) is 32.4. The number of allylic oxidation sites excluding steroid dienone is 1. The summed E-state index contributed by atoms with van der Waals surface area (Å²) in [5.74, 6) is -3.22. The van der Waals surface area contributed by atoms with Crippen LogP contribution in [0, 0.1) is 25.7 Å². The van der Waals surface area contributed by atoms with E-state index in [1.165, 1.54) is 0 Å². The molecule has 0 aromatic heterocycles. The van der Waals surface area contributed by atoms with E-state index in [1.54, 1.807) is 16.7 Å². The maximum Gasteiger partial charge on any atom is 0.313 e. The predicted octanol–water partition coefficient (Wildman–Crippen LogP) is 3.46. The van der Waals surface area contributed by atoms with Gasteiger partial charge in [0, 0.05) is 36.3 Å². The third-order valence-corrected chi connectivity index (χ3v) is 9.79. The third-order valence-electron chi connectivity index (χ3n) is 9.11. The highest BCUT2D eigenvalue weighted by atomic mass is 79.9. The molecule has 11 heteroatoms. The lowest BCUT2D eigenvalue weighted by molar-refractivity contribution is -0.158. The molecular weight excluding hydrogens is 630 g/mol. The Morgan fingerprint density at radius 2 is 1.77 bits per heavy atom. The van der Waals surface area contributed by atoms with Gasteiger partial charge in [-0.15, -0.1) is 0 Å². The van der Waals surface area contributed by atoms with Crippen molar-refractivity contribution in [2.24, 2.45) is 11.8 Å². The molecule has 1 aromatic carbocycles. The number of carbonyl (C=O) groups excluding carboxylic acids is 4. The van der Waals surface area contributed by atoms with E-state index in [4.69, 9.17) is 9.47 Å². The summed E-state index contributed by atoms with van der Waals surface area (Å²) in [5.41, 5.74) is 1.23. The number of benzene rings is 1. The van der Waals surface area contributed by atoms with E-state index in [0.29, 0.717) is 30.3 Å². The van der Waals surface area contributed by atoms with Crippen molar-refractivity contribution >= 4 is 45.3 Å². The van der Waals surface area contributed by atoms with Crippen LogP contribution in [0.4, 0.5) is 5.69 Å². The van der Waals surface area contributed by atoms with Gasteiger partial charge in [0.2, 0.25) is 11.8 Å². The lowest BCUT2D eigenvalue weighted by Crippen LogP contribution is -2.56.